The van der Waals surface area contributed by atoms with Crippen molar-refractivity contribution in [3.8, 4) is 11.1 Å². The fourth-order valence-electron chi connectivity index (χ4n) is 3.67. The number of carbonyl (C=O) groups is 1. The van der Waals surface area contributed by atoms with Gasteiger partial charge in [-0.1, -0.05) is 67.4 Å². The summed E-state index contributed by atoms with van der Waals surface area (Å²) in [4.78, 5) is 12.1. The van der Waals surface area contributed by atoms with Crippen molar-refractivity contribution in [2.24, 2.45) is 0 Å². The zero-order valence-corrected chi connectivity index (χ0v) is 15.7. The van der Waals surface area contributed by atoms with E-state index in [4.69, 9.17) is 5.11 Å². The van der Waals surface area contributed by atoms with Crippen molar-refractivity contribution in [1.29, 1.82) is 0 Å². The summed E-state index contributed by atoms with van der Waals surface area (Å²) in [5.41, 5.74) is 3.78. The highest BCUT2D eigenvalue weighted by molar-refractivity contribution is 7.99. The summed E-state index contributed by atoms with van der Waals surface area (Å²) >= 11 is 1.29. The summed E-state index contributed by atoms with van der Waals surface area (Å²) in [7, 11) is 0. The van der Waals surface area contributed by atoms with E-state index in [-0.39, 0.29) is 5.69 Å². The summed E-state index contributed by atoms with van der Waals surface area (Å²) in [6.07, 6.45) is 6.62. The number of aromatic carboxylic acids is 1. The fraction of sp³-hybridized carbons (Fsp3) is 0.286. The van der Waals surface area contributed by atoms with Gasteiger partial charge in [-0.25, -0.2) is 4.79 Å². The normalized spacial score (nSPS) is 15.0. The van der Waals surface area contributed by atoms with Gasteiger partial charge in [-0.05, 0) is 47.6 Å². The Hall–Kier alpha value is -2.60. The summed E-state index contributed by atoms with van der Waals surface area (Å²) in [6, 6.07) is 17.0. The van der Waals surface area contributed by atoms with Gasteiger partial charge in [0.15, 0.2) is 5.03 Å². The second-order valence-electron chi connectivity index (χ2n) is 6.87. The minimum atomic E-state index is -1.08. The van der Waals surface area contributed by atoms with Gasteiger partial charge >= 0.3 is 5.97 Å². The van der Waals surface area contributed by atoms with Crippen molar-refractivity contribution in [3.05, 3.63) is 59.8 Å². The van der Waals surface area contributed by atoms with E-state index in [0.717, 1.165) is 10.5 Å². The second kappa shape index (κ2) is 7.96. The quantitative estimate of drug-likeness (QED) is 0.623. The molecule has 0 bridgehead atoms. The lowest BCUT2D eigenvalue weighted by Gasteiger charge is -2.22. The Morgan fingerprint density at radius 3 is 2.52 bits per heavy atom. The maximum absolute atomic E-state index is 11.1. The maximum atomic E-state index is 11.1. The molecule has 1 aromatic heterocycles. The van der Waals surface area contributed by atoms with Crippen LogP contribution >= 0.6 is 11.8 Å². The van der Waals surface area contributed by atoms with E-state index < -0.39 is 5.97 Å². The molecule has 3 aromatic rings. The number of aromatic nitrogens is 3. The number of aromatic amines is 1. The van der Waals surface area contributed by atoms with E-state index in [1.807, 2.05) is 12.1 Å². The van der Waals surface area contributed by atoms with E-state index in [2.05, 4.69) is 51.8 Å². The molecule has 0 saturated heterocycles. The molecule has 0 radical (unpaired) electrons. The number of rotatable bonds is 5. The van der Waals surface area contributed by atoms with Crippen LogP contribution in [0.2, 0.25) is 0 Å². The standard InChI is InChI=1S/C21H21N3O2S/c25-21(26)19-20(23-24-22-19)27-18-11-9-15(10-12-18)17-8-4-7-16(13-17)14-5-2-1-3-6-14/h4,7-14H,1-3,5-6H2,(H,25,26)(H,22,23,24). The molecule has 1 fully saturated rings. The average molecular weight is 379 g/mol. The van der Waals surface area contributed by atoms with Crippen molar-refractivity contribution in [2.45, 2.75) is 47.9 Å². The van der Waals surface area contributed by atoms with Crippen LogP contribution in [-0.2, 0) is 0 Å². The first-order valence-electron chi connectivity index (χ1n) is 9.23. The number of nitrogens with one attached hydrogen (secondary N) is 1. The Morgan fingerprint density at radius 2 is 1.78 bits per heavy atom. The first kappa shape index (κ1) is 17.8. The molecule has 0 spiro atoms. The highest BCUT2D eigenvalue weighted by atomic mass is 32.2. The van der Waals surface area contributed by atoms with E-state index in [1.165, 1.54) is 55.0 Å². The minimum Gasteiger partial charge on any atom is -0.476 e. The third kappa shape index (κ3) is 4.06. The Kier molecular flexibility index (Phi) is 5.25. The lowest BCUT2D eigenvalue weighted by atomic mass is 9.83. The number of benzene rings is 2. The summed E-state index contributed by atoms with van der Waals surface area (Å²) in [5, 5.41) is 19.5. The Morgan fingerprint density at radius 1 is 1.00 bits per heavy atom. The van der Waals surface area contributed by atoms with E-state index in [1.54, 1.807) is 0 Å². The van der Waals surface area contributed by atoms with Gasteiger partial charge in [0.25, 0.3) is 0 Å². The van der Waals surface area contributed by atoms with Crippen LogP contribution < -0.4 is 0 Å². The predicted molar refractivity (Wildman–Crippen MR) is 105 cm³/mol. The molecule has 1 saturated carbocycles. The van der Waals surface area contributed by atoms with E-state index >= 15 is 0 Å². The molecule has 4 rings (SSSR count). The number of carboxylic acids is 1. The first-order valence-corrected chi connectivity index (χ1v) is 10.0. The molecule has 0 aliphatic heterocycles. The van der Waals surface area contributed by atoms with Crippen molar-refractivity contribution in [1.82, 2.24) is 15.4 Å². The summed E-state index contributed by atoms with van der Waals surface area (Å²) in [6.45, 7) is 0. The summed E-state index contributed by atoms with van der Waals surface area (Å²) in [5.74, 6) is -0.391. The third-order valence-electron chi connectivity index (χ3n) is 5.08. The van der Waals surface area contributed by atoms with Crippen LogP contribution in [0.4, 0.5) is 0 Å². The van der Waals surface area contributed by atoms with Crippen LogP contribution in [0.1, 0.15) is 54.1 Å². The van der Waals surface area contributed by atoms with Gasteiger partial charge in [0.05, 0.1) is 0 Å². The van der Waals surface area contributed by atoms with Gasteiger partial charge in [-0.15, -0.1) is 10.2 Å². The first-order chi connectivity index (χ1) is 13.2. The fourth-order valence-corrected chi connectivity index (χ4v) is 4.48. The maximum Gasteiger partial charge on any atom is 0.359 e. The Bertz CT molecular complexity index is 931. The Labute approximate surface area is 162 Å². The molecule has 2 aromatic carbocycles. The molecule has 2 N–H and O–H groups in total. The molecule has 27 heavy (non-hydrogen) atoms. The van der Waals surface area contributed by atoms with Crippen LogP contribution in [0.25, 0.3) is 11.1 Å². The van der Waals surface area contributed by atoms with Gasteiger partial charge in [-0.2, -0.15) is 5.21 Å². The van der Waals surface area contributed by atoms with Crippen molar-refractivity contribution < 1.29 is 9.90 Å². The highest BCUT2D eigenvalue weighted by Gasteiger charge is 2.17. The monoisotopic (exact) mass is 379 g/mol. The largest absolute Gasteiger partial charge is 0.476 e. The molecule has 5 nitrogen and oxygen atoms in total. The minimum absolute atomic E-state index is 0.0516. The molecule has 1 aliphatic carbocycles. The van der Waals surface area contributed by atoms with Gasteiger partial charge in [0.1, 0.15) is 0 Å². The third-order valence-corrected chi connectivity index (χ3v) is 6.07. The number of nitrogens with zero attached hydrogens (tertiary/aromatic N) is 2. The van der Waals surface area contributed by atoms with Gasteiger partial charge in [-0.3, -0.25) is 0 Å². The van der Waals surface area contributed by atoms with E-state index in [9.17, 15) is 4.79 Å². The second-order valence-corrected chi connectivity index (χ2v) is 7.93. The predicted octanol–water partition coefficient (Wildman–Crippen LogP) is 5.37. The average Bonchev–Trinajstić information content (AvgIpc) is 3.18. The van der Waals surface area contributed by atoms with Crippen molar-refractivity contribution in [3.63, 3.8) is 0 Å². The molecule has 6 heteroatoms. The van der Waals surface area contributed by atoms with E-state index in [0.29, 0.717) is 10.9 Å². The van der Waals surface area contributed by atoms with Gasteiger partial charge < -0.3 is 5.11 Å². The summed E-state index contributed by atoms with van der Waals surface area (Å²) < 4.78 is 0. The number of hydrogen-bond acceptors (Lipinski definition) is 4. The number of hydrogen-bond donors (Lipinski definition) is 2. The molecule has 1 heterocycles. The van der Waals surface area contributed by atoms with Crippen LogP contribution in [0.15, 0.2) is 58.5 Å². The SMILES string of the molecule is O=C(O)c1n[nH]nc1Sc1ccc(-c2cccc(C3CCCCC3)c2)cc1. The molecule has 0 unspecified atom stereocenters. The van der Waals surface area contributed by atoms with Crippen molar-refractivity contribution >= 4 is 17.7 Å². The zero-order valence-electron chi connectivity index (χ0n) is 14.9. The molecule has 0 amide bonds. The Balaban J connectivity index is 1.52. The van der Waals surface area contributed by atoms with Crippen LogP contribution in [0, 0.1) is 0 Å². The molecule has 138 valence electrons. The van der Waals surface area contributed by atoms with Crippen molar-refractivity contribution in [2.75, 3.05) is 0 Å². The van der Waals surface area contributed by atoms with Gasteiger partial charge in [0, 0.05) is 4.90 Å². The zero-order chi connectivity index (χ0) is 18.6. The van der Waals surface area contributed by atoms with Crippen LogP contribution in [0.5, 0.6) is 0 Å². The van der Waals surface area contributed by atoms with Crippen LogP contribution in [0.3, 0.4) is 0 Å². The lowest BCUT2D eigenvalue weighted by molar-refractivity contribution is 0.0686. The topological polar surface area (TPSA) is 78.9 Å². The highest BCUT2D eigenvalue weighted by Crippen LogP contribution is 2.35. The smallest absolute Gasteiger partial charge is 0.359 e. The number of carboxylic acid groups (broad SMARTS) is 1. The lowest BCUT2D eigenvalue weighted by Crippen LogP contribution is -2.04. The van der Waals surface area contributed by atoms with Gasteiger partial charge in [0.2, 0.25) is 5.69 Å². The number of H-pyrrole nitrogens is 1. The van der Waals surface area contributed by atoms with Crippen LogP contribution in [-0.4, -0.2) is 26.5 Å². The molecule has 0 atom stereocenters. The molecule has 1 aliphatic rings. The molecular formula is C21H21N3O2S. The molecular weight excluding hydrogens is 358 g/mol.